The third-order valence-electron chi connectivity index (χ3n) is 4.42. The van der Waals surface area contributed by atoms with Crippen LogP contribution in [0.4, 0.5) is 17.1 Å². The molecule has 27 heavy (non-hydrogen) atoms. The van der Waals surface area contributed by atoms with Gasteiger partial charge in [0.2, 0.25) is 11.8 Å². The molecule has 6 heteroatoms. The fourth-order valence-corrected chi connectivity index (χ4v) is 3.36. The summed E-state index contributed by atoms with van der Waals surface area (Å²) >= 11 is 0. The highest BCUT2D eigenvalue weighted by Crippen LogP contribution is 2.36. The van der Waals surface area contributed by atoms with Gasteiger partial charge in [-0.3, -0.25) is 19.3 Å². The van der Waals surface area contributed by atoms with E-state index in [-0.39, 0.29) is 24.3 Å². The van der Waals surface area contributed by atoms with Crippen LogP contribution in [0.25, 0.3) is 10.8 Å². The Morgan fingerprint density at radius 1 is 0.926 bits per heavy atom. The molecule has 0 atom stereocenters. The molecule has 0 bridgehead atoms. The molecule has 3 aromatic carbocycles. The summed E-state index contributed by atoms with van der Waals surface area (Å²) in [4.78, 5) is 37.9. The van der Waals surface area contributed by atoms with Gasteiger partial charge in [0.25, 0.3) is 5.91 Å². The molecule has 1 aliphatic rings. The number of nitrogens with zero attached hydrogens (tertiary/aromatic N) is 1. The Kier molecular flexibility index (Phi) is 4.08. The van der Waals surface area contributed by atoms with Crippen molar-refractivity contribution in [2.24, 2.45) is 0 Å². The molecular weight excluding hydrogens is 342 g/mol. The van der Waals surface area contributed by atoms with Crippen molar-refractivity contribution >= 4 is 45.6 Å². The Morgan fingerprint density at radius 3 is 2.33 bits per heavy atom. The van der Waals surface area contributed by atoms with Gasteiger partial charge in [-0.1, -0.05) is 30.3 Å². The summed E-state index contributed by atoms with van der Waals surface area (Å²) in [6.45, 7) is 1.33. The molecule has 0 radical (unpaired) electrons. The SMILES string of the molecule is CC(=O)Nc1cccc(NC(=O)CN2C(=O)c3cccc4cccc2c34)c1. The molecule has 0 saturated heterocycles. The maximum absolute atomic E-state index is 12.7. The molecule has 0 fully saturated rings. The Bertz CT molecular complexity index is 1090. The first-order chi connectivity index (χ1) is 13.0. The van der Waals surface area contributed by atoms with E-state index in [1.54, 1.807) is 30.3 Å². The quantitative estimate of drug-likeness (QED) is 0.749. The summed E-state index contributed by atoms with van der Waals surface area (Å²) in [5.41, 5.74) is 2.50. The van der Waals surface area contributed by atoms with Gasteiger partial charge in [0.15, 0.2) is 0 Å². The van der Waals surface area contributed by atoms with Crippen LogP contribution >= 0.6 is 0 Å². The van der Waals surface area contributed by atoms with Crippen LogP contribution in [0.5, 0.6) is 0 Å². The van der Waals surface area contributed by atoms with E-state index in [1.165, 1.54) is 11.8 Å². The molecule has 134 valence electrons. The summed E-state index contributed by atoms with van der Waals surface area (Å²) in [5, 5.41) is 7.30. The maximum atomic E-state index is 12.7. The highest BCUT2D eigenvalue weighted by molar-refractivity contribution is 6.26. The summed E-state index contributed by atoms with van der Waals surface area (Å²) in [5.74, 6) is -0.677. The van der Waals surface area contributed by atoms with Crippen molar-refractivity contribution in [3.05, 3.63) is 66.2 Å². The molecule has 1 heterocycles. The summed E-state index contributed by atoms with van der Waals surface area (Å²) in [7, 11) is 0. The molecule has 3 aromatic rings. The van der Waals surface area contributed by atoms with Gasteiger partial charge in [-0.25, -0.2) is 0 Å². The Balaban J connectivity index is 1.54. The zero-order valence-corrected chi connectivity index (χ0v) is 14.7. The Morgan fingerprint density at radius 2 is 1.59 bits per heavy atom. The number of hydrogen-bond acceptors (Lipinski definition) is 3. The molecule has 0 saturated carbocycles. The molecule has 4 rings (SSSR count). The van der Waals surface area contributed by atoms with E-state index in [0.29, 0.717) is 16.9 Å². The fraction of sp³-hybridized carbons (Fsp3) is 0.0952. The number of hydrogen-bond donors (Lipinski definition) is 2. The van der Waals surface area contributed by atoms with Gasteiger partial charge in [-0.2, -0.15) is 0 Å². The molecule has 6 nitrogen and oxygen atoms in total. The molecule has 0 aliphatic carbocycles. The summed E-state index contributed by atoms with van der Waals surface area (Å²) in [6, 6.07) is 18.1. The van der Waals surface area contributed by atoms with Gasteiger partial charge in [-0.05, 0) is 35.7 Å². The number of benzene rings is 3. The topological polar surface area (TPSA) is 78.5 Å². The highest BCUT2D eigenvalue weighted by Gasteiger charge is 2.30. The van der Waals surface area contributed by atoms with Crippen LogP contribution in [0, 0.1) is 0 Å². The van der Waals surface area contributed by atoms with Crippen molar-refractivity contribution in [2.45, 2.75) is 6.92 Å². The second-order valence-electron chi connectivity index (χ2n) is 6.38. The van der Waals surface area contributed by atoms with E-state index < -0.39 is 0 Å². The van der Waals surface area contributed by atoms with Crippen LogP contribution in [-0.2, 0) is 9.59 Å². The minimum Gasteiger partial charge on any atom is -0.326 e. The average Bonchev–Trinajstić information content (AvgIpc) is 2.90. The van der Waals surface area contributed by atoms with Crippen LogP contribution < -0.4 is 15.5 Å². The summed E-state index contributed by atoms with van der Waals surface area (Å²) < 4.78 is 0. The number of rotatable bonds is 4. The van der Waals surface area contributed by atoms with E-state index in [4.69, 9.17) is 0 Å². The van der Waals surface area contributed by atoms with Crippen molar-refractivity contribution in [3.8, 4) is 0 Å². The standard InChI is InChI=1S/C21H17N3O3/c1-13(25)22-15-7-4-8-16(11-15)23-19(26)12-24-18-10-3-6-14-5-2-9-17(20(14)18)21(24)27/h2-11H,12H2,1H3,(H,22,25)(H,23,26). The Labute approximate surface area is 155 Å². The van der Waals surface area contributed by atoms with Gasteiger partial charge in [0.1, 0.15) is 6.54 Å². The van der Waals surface area contributed by atoms with Crippen molar-refractivity contribution < 1.29 is 14.4 Å². The van der Waals surface area contributed by atoms with Crippen molar-refractivity contribution in [3.63, 3.8) is 0 Å². The first kappa shape index (κ1) is 16.8. The fourth-order valence-electron chi connectivity index (χ4n) is 3.36. The minimum atomic E-state index is -0.312. The van der Waals surface area contributed by atoms with Gasteiger partial charge in [0, 0.05) is 29.2 Å². The lowest BCUT2D eigenvalue weighted by molar-refractivity contribution is -0.115. The minimum absolute atomic E-state index is 0.0863. The van der Waals surface area contributed by atoms with Gasteiger partial charge >= 0.3 is 0 Å². The predicted molar refractivity (Wildman–Crippen MR) is 105 cm³/mol. The van der Waals surface area contributed by atoms with Crippen LogP contribution in [0.1, 0.15) is 17.3 Å². The summed E-state index contributed by atoms with van der Waals surface area (Å²) in [6.07, 6.45) is 0. The number of anilines is 3. The normalized spacial score (nSPS) is 12.3. The third kappa shape index (κ3) is 3.13. The van der Waals surface area contributed by atoms with Crippen LogP contribution in [-0.4, -0.2) is 24.3 Å². The largest absolute Gasteiger partial charge is 0.326 e. The molecular formula is C21H17N3O3. The average molecular weight is 359 g/mol. The number of carbonyl (C=O) groups excluding carboxylic acids is 3. The number of nitrogens with one attached hydrogen (secondary N) is 2. The zero-order chi connectivity index (χ0) is 19.0. The van der Waals surface area contributed by atoms with E-state index in [9.17, 15) is 14.4 Å². The molecule has 3 amide bonds. The first-order valence-electron chi connectivity index (χ1n) is 8.54. The highest BCUT2D eigenvalue weighted by atomic mass is 16.2. The van der Waals surface area contributed by atoms with E-state index in [1.807, 2.05) is 30.3 Å². The van der Waals surface area contributed by atoms with E-state index >= 15 is 0 Å². The van der Waals surface area contributed by atoms with Gasteiger partial charge in [0.05, 0.1) is 5.69 Å². The molecule has 0 aromatic heterocycles. The molecule has 2 N–H and O–H groups in total. The third-order valence-corrected chi connectivity index (χ3v) is 4.42. The Hall–Kier alpha value is -3.67. The lowest BCUT2D eigenvalue weighted by Crippen LogP contribution is -2.35. The van der Waals surface area contributed by atoms with Crippen LogP contribution in [0.3, 0.4) is 0 Å². The monoisotopic (exact) mass is 359 g/mol. The van der Waals surface area contributed by atoms with E-state index in [0.717, 1.165) is 16.5 Å². The van der Waals surface area contributed by atoms with Crippen molar-refractivity contribution in [1.82, 2.24) is 0 Å². The van der Waals surface area contributed by atoms with Gasteiger partial charge < -0.3 is 10.6 Å². The number of amides is 3. The van der Waals surface area contributed by atoms with Crippen LogP contribution in [0.15, 0.2) is 60.7 Å². The number of carbonyl (C=O) groups is 3. The maximum Gasteiger partial charge on any atom is 0.259 e. The molecule has 0 spiro atoms. The smallest absolute Gasteiger partial charge is 0.259 e. The molecule has 1 aliphatic heterocycles. The van der Waals surface area contributed by atoms with Crippen molar-refractivity contribution in [1.29, 1.82) is 0 Å². The second kappa shape index (κ2) is 6.57. The predicted octanol–water partition coefficient (Wildman–Crippen LogP) is 3.40. The van der Waals surface area contributed by atoms with Gasteiger partial charge in [-0.15, -0.1) is 0 Å². The van der Waals surface area contributed by atoms with E-state index in [2.05, 4.69) is 10.6 Å². The van der Waals surface area contributed by atoms with Crippen LogP contribution in [0.2, 0.25) is 0 Å². The molecule has 0 unspecified atom stereocenters. The van der Waals surface area contributed by atoms with Crippen molar-refractivity contribution in [2.75, 3.05) is 22.1 Å². The lowest BCUT2D eigenvalue weighted by Gasteiger charge is -2.17. The second-order valence-corrected chi connectivity index (χ2v) is 6.38. The lowest BCUT2D eigenvalue weighted by atomic mass is 10.1. The zero-order valence-electron chi connectivity index (χ0n) is 14.7. The first-order valence-corrected chi connectivity index (χ1v) is 8.54.